The third-order valence-electron chi connectivity index (χ3n) is 3.80. The molecule has 2 aromatic rings. The van der Waals surface area contributed by atoms with Crippen molar-refractivity contribution in [3.05, 3.63) is 75.7 Å². The number of carbonyl (C=O) groups excluding carboxylic acids is 1. The number of rotatable bonds is 2. The summed E-state index contributed by atoms with van der Waals surface area (Å²) in [6.07, 6.45) is 5.62. The third kappa shape index (κ3) is 2.47. The van der Waals surface area contributed by atoms with E-state index in [1.54, 1.807) is 22.9 Å². The Hall–Kier alpha value is -2.42. The molecular weight excluding hydrogens is 262 g/mol. The second-order valence-corrected chi connectivity index (χ2v) is 6.14. The molecule has 1 aromatic carbocycles. The van der Waals surface area contributed by atoms with Gasteiger partial charge in [0.15, 0.2) is 0 Å². The molecule has 0 spiro atoms. The Balaban J connectivity index is 2.28. The predicted molar refractivity (Wildman–Crippen MR) is 83.4 cm³/mol. The summed E-state index contributed by atoms with van der Waals surface area (Å²) in [6.45, 7) is 4.30. The number of hydrogen-bond acceptors (Lipinski definition) is 2. The lowest BCUT2D eigenvalue weighted by atomic mass is 9.77. The van der Waals surface area contributed by atoms with E-state index in [4.69, 9.17) is 0 Å². The van der Waals surface area contributed by atoms with Crippen molar-refractivity contribution in [3.8, 4) is 0 Å². The highest BCUT2D eigenvalue weighted by molar-refractivity contribution is 5.80. The summed E-state index contributed by atoms with van der Waals surface area (Å²) in [5.41, 5.74) is 3.52. The van der Waals surface area contributed by atoms with Gasteiger partial charge in [0.05, 0.1) is 5.70 Å². The number of benzene rings is 1. The molecular formula is C18H17NO2. The van der Waals surface area contributed by atoms with Gasteiger partial charge in [-0.1, -0.05) is 38.1 Å². The first-order valence-electron chi connectivity index (χ1n) is 7.00. The average molecular weight is 279 g/mol. The van der Waals surface area contributed by atoms with Gasteiger partial charge < -0.3 is 0 Å². The minimum Gasteiger partial charge on any atom is -0.298 e. The lowest BCUT2D eigenvalue weighted by molar-refractivity contribution is 0.112. The van der Waals surface area contributed by atoms with Crippen molar-refractivity contribution in [2.24, 2.45) is 5.41 Å². The fraction of sp³-hybridized carbons (Fsp3) is 0.222. The standard InChI is InChI=1S/C18H17NO2/c1-18(2)10-14-7-6-13(12-20)9-15(14)16(11-18)19-8-4-3-5-17(19)21/h3-9,11-12H,10H2,1-2H3. The van der Waals surface area contributed by atoms with Crippen LogP contribution in [0.4, 0.5) is 0 Å². The first kappa shape index (κ1) is 13.6. The lowest BCUT2D eigenvalue weighted by Gasteiger charge is -2.30. The molecule has 0 unspecified atom stereocenters. The molecule has 1 aromatic heterocycles. The molecule has 3 nitrogen and oxygen atoms in total. The van der Waals surface area contributed by atoms with Crippen molar-refractivity contribution < 1.29 is 4.79 Å². The largest absolute Gasteiger partial charge is 0.298 e. The van der Waals surface area contributed by atoms with Crippen molar-refractivity contribution in [2.45, 2.75) is 20.3 Å². The van der Waals surface area contributed by atoms with E-state index in [1.807, 2.05) is 24.3 Å². The maximum Gasteiger partial charge on any atom is 0.255 e. The molecule has 106 valence electrons. The maximum atomic E-state index is 12.1. The van der Waals surface area contributed by atoms with Crippen LogP contribution in [0.1, 0.15) is 35.3 Å². The molecule has 0 amide bonds. The molecule has 1 heterocycles. The predicted octanol–water partition coefficient (Wildman–Crippen LogP) is 3.13. The Morgan fingerprint density at radius 1 is 1.19 bits per heavy atom. The van der Waals surface area contributed by atoms with Crippen LogP contribution in [-0.4, -0.2) is 10.9 Å². The Morgan fingerprint density at radius 3 is 2.71 bits per heavy atom. The zero-order chi connectivity index (χ0) is 15.0. The fourth-order valence-corrected chi connectivity index (χ4v) is 2.88. The Kier molecular flexibility index (Phi) is 3.13. The minimum atomic E-state index is -0.0658. The van der Waals surface area contributed by atoms with Crippen LogP contribution in [0.3, 0.4) is 0 Å². The topological polar surface area (TPSA) is 39.1 Å². The summed E-state index contributed by atoms with van der Waals surface area (Å²) in [4.78, 5) is 23.2. The molecule has 0 saturated carbocycles. The zero-order valence-electron chi connectivity index (χ0n) is 12.2. The van der Waals surface area contributed by atoms with Crippen molar-refractivity contribution >= 4 is 12.0 Å². The second kappa shape index (κ2) is 4.85. The molecule has 1 aliphatic carbocycles. The molecule has 21 heavy (non-hydrogen) atoms. The fourth-order valence-electron chi connectivity index (χ4n) is 2.88. The van der Waals surface area contributed by atoms with Gasteiger partial charge in [0.1, 0.15) is 6.29 Å². The Labute approximate surface area is 123 Å². The number of fused-ring (bicyclic) bond motifs is 1. The van der Waals surface area contributed by atoms with Gasteiger partial charge in [0.25, 0.3) is 5.56 Å². The smallest absolute Gasteiger partial charge is 0.255 e. The lowest BCUT2D eigenvalue weighted by Crippen LogP contribution is -2.25. The monoisotopic (exact) mass is 279 g/mol. The SMILES string of the molecule is CC1(C)C=C(n2ccccc2=O)c2cc(C=O)ccc2C1. The molecule has 3 heteroatoms. The van der Waals surface area contributed by atoms with Gasteiger partial charge >= 0.3 is 0 Å². The van der Waals surface area contributed by atoms with E-state index in [-0.39, 0.29) is 11.0 Å². The molecule has 0 radical (unpaired) electrons. The molecule has 0 aliphatic heterocycles. The number of hydrogen-bond donors (Lipinski definition) is 0. The number of aldehydes is 1. The van der Waals surface area contributed by atoms with Crippen LogP contribution in [-0.2, 0) is 6.42 Å². The van der Waals surface area contributed by atoms with Crippen LogP contribution in [0.15, 0.2) is 53.5 Å². The normalized spacial score (nSPS) is 16.0. The summed E-state index contributed by atoms with van der Waals surface area (Å²) in [5.74, 6) is 0. The van der Waals surface area contributed by atoms with Crippen LogP contribution in [0, 0.1) is 5.41 Å². The number of allylic oxidation sites excluding steroid dienone is 1. The van der Waals surface area contributed by atoms with Gasteiger partial charge in [0, 0.05) is 23.4 Å². The highest BCUT2D eigenvalue weighted by Crippen LogP contribution is 2.36. The van der Waals surface area contributed by atoms with Crippen molar-refractivity contribution in [1.82, 2.24) is 4.57 Å². The Bertz CT molecular complexity index is 797. The number of nitrogens with zero attached hydrogens (tertiary/aromatic N) is 1. The van der Waals surface area contributed by atoms with E-state index in [9.17, 15) is 9.59 Å². The summed E-state index contributed by atoms with van der Waals surface area (Å²) in [5, 5.41) is 0. The summed E-state index contributed by atoms with van der Waals surface area (Å²) < 4.78 is 1.65. The summed E-state index contributed by atoms with van der Waals surface area (Å²) in [6, 6.07) is 10.8. The van der Waals surface area contributed by atoms with Gasteiger partial charge in [0.2, 0.25) is 0 Å². The van der Waals surface area contributed by atoms with Crippen LogP contribution in [0.25, 0.3) is 5.70 Å². The number of pyridine rings is 1. The zero-order valence-corrected chi connectivity index (χ0v) is 12.2. The molecule has 3 rings (SSSR count). The summed E-state index contributed by atoms with van der Waals surface area (Å²) in [7, 11) is 0. The Morgan fingerprint density at radius 2 is 2.00 bits per heavy atom. The van der Waals surface area contributed by atoms with Gasteiger partial charge in [-0.05, 0) is 29.5 Å². The second-order valence-electron chi connectivity index (χ2n) is 6.14. The molecule has 0 N–H and O–H groups in total. The average Bonchev–Trinajstić information content (AvgIpc) is 2.46. The van der Waals surface area contributed by atoms with Gasteiger partial charge in [-0.25, -0.2) is 0 Å². The van der Waals surface area contributed by atoms with Crippen LogP contribution in [0.5, 0.6) is 0 Å². The molecule has 0 bridgehead atoms. The van der Waals surface area contributed by atoms with E-state index in [1.165, 1.54) is 5.56 Å². The maximum absolute atomic E-state index is 12.1. The molecule has 0 fully saturated rings. The van der Waals surface area contributed by atoms with E-state index >= 15 is 0 Å². The van der Waals surface area contributed by atoms with E-state index in [0.717, 1.165) is 24.0 Å². The minimum absolute atomic E-state index is 0.0275. The van der Waals surface area contributed by atoms with Crippen LogP contribution in [0.2, 0.25) is 0 Å². The van der Waals surface area contributed by atoms with Crippen molar-refractivity contribution in [2.75, 3.05) is 0 Å². The molecule has 1 aliphatic rings. The van der Waals surface area contributed by atoms with Crippen molar-refractivity contribution in [3.63, 3.8) is 0 Å². The van der Waals surface area contributed by atoms with E-state index in [2.05, 4.69) is 19.9 Å². The van der Waals surface area contributed by atoms with Gasteiger partial charge in [-0.2, -0.15) is 0 Å². The first-order chi connectivity index (χ1) is 10.00. The number of aromatic nitrogens is 1. The van der Waals surface area contributed by atoms with Gasteiger partial charge in [-0.3, -0.25) is 14.2 Å². The number of carbonyl (C=O) groups is 1. The van der Waals surface area contributed by atoms with E-state index < -0.39 is 0 Å². The first-order valence-corrected chi connectivity index (χ1v) is 7.00. The van der Waals surface area contributed by atoms with Crippen LogP contribution < -0.4 is 5.56 Å². The van der Waals surface area contributed by atoms with E-state index in [0.29, 0.717) is 5.56 Å². The molecule has 0 atom stereocenters. The van der Waals surface area contributed by atoms with Crippen LogP contribution >= 0.6 is 0 Å². The van der Waals surface area contributed by atoms with Crippen molar-refractivity contribution in [1.29, 1.82) is 0 Å². The molecule has 0 saturated heterocycles. The summed E-state index contributed by atoms with van der Waals surface area (Å²) >= 11 is 0. The quantitative estimate of drug-likeness (QED) is 0.792. The highest BCUT2D eigenvalue weighted by atomic mass is 16.1. The highest BCUT2D eigenvalue weighted by Gasteiger charge is 2.26. The van der Waals surface area contributed by atoms with Gasteiger partial charge in [-0.15, -0.1) is 0 Å². The third-order valence-corrected chi connectivity index (χ3v) is 3.80.